The summed E-state index contributed by atoms with van der Waals surface area (Å²) in [5, 5.41) is 9.63. The van der Waals surface area contributed by atoms with Gasteiger partial charge < -0.3 is 9.33 Å². The van der Waals surface area contributed by atoms with Gasteiger partial charge in [-0.15, -0.1) is 0 Å². The van der Waals surface area contributed by atoms with E-state index in [2.05, 4.69) is 46.0 Å². The molecule has 27 heavy (non-hydrogen) atoms. The molecule has 1 heterocycles. The summed E-state index contributed by atoms with van der Waals surface area (Å²) in [4.78, 5) is 14.8. The van der Waals surface area contributed by atoms with Crippen LogP contribution in [-0.4, -0.2) is 38.8 Å². The van der Waals surface area contributed by atoms with Crippen molar-refractivity contribution in [1.29, 1.82) is 5.26 Å². The fraction of sp³-hybridized carbons (Fsp3) is 0.636. The number of nitriles is 1. The minimum Gasteiger partial charge on any atom is -0.415 e. The van der Waals surface area contributed by atoms with E-state index in [1.54, 1.807) is 0 Å². The standard InChI is InChI=1S/C22H32N2O2Si/c1-21(2,3)27(4,5)26-13-12-24-16-22(14-20(24)25)11-7-9-18-17(15-23)8-6-10-19(18)22/h6,8,10H,7,9,11-14,16H2,1-5H3. The van der Waals surface area contributed by atoms with Crippen molar-refractivity contribution in [2.75, 3.05) is 19.7 Å². The molecule has 0 saturated carbocycles. The predicted octanol–water partition coefficient (Wildman–Crippen LogP) is 4.39. The van der Waals surface area contributed by atoms with E-state index in [4.69, 9.17) is 4.43 Å². The largest absolute Gasteiger partial charge is 0.415 e. The second-order valence-corrected chi connectivity index (χ2v) is 14.5. The molecule has 146 valence electrons. The fourth-order valence-electron chi connectivity index (χ4n) is 4.29. The lowest BCUT2D eigenvalue weighted by atomic mass is 9.68. The Morgan fingerprint density at radius 1 is 1.33 bits per heavy atom. The summed E-state index contributed by atoms with van der Waals surface area (Å²) < 4.78 is 6.29. The molecule has 1 saturated heterocycles. The van der Waals surface area contributed by atoms with Gasteiger partial charge in [0.25, 0.3) is 0 Å². The lowest BCUT2D eigenvalue weighted by molar-refractivity contribution is -0.128. The van der Waals surface area contributed by atoms with Crippen LogP contribution in [0.4, 0.5) is 0 Å². The highest BCUT2D eigenvalue weighted by Gasteiger charge is 2.47. The molecule has 5 heteroatoms. The van der Waals surface area contributed by atoms with Gasteiger partial charge in [0.2, 0.25) is 5.91 Å². The third-order valence-corrected chi connectivity index (χ3v) is 11.5. The van der Waals surface area contributed by atoms with Crippen molar-refractivity contribution in [3.63, 3.8) is 0 Å². The van der Waals surface area contributed by atoms with Gasteiger partial charge in [-0.05, 0) is 54.6 Å². The second-order valence-electron chi connectivity index (χ2n) is 9.68. The van der Waals surface area contributed by atoms with Crippen LogP contribution in [0.1, 0.15) is 56.7 Å². The van der Waals surface area contributed by atoms with Gasteiger partial charge in [0.15, 0.2) is 8.32 Å². The van der Waals surface area contributed by atoms with Gasteiger partial charge in [-0.2, -0.15) is 5.26 Å². The van der Waals surface area contributed by atoms with Gasteiger partial charge in [0.05, 0.1) is 18.2 Å². The van der Waals surface area contributed by atoms with Crippen molar-refractivity contribution in [2.24, 2.45) is 0 Å². The van der Waals surface area contributed by atoms with Gasteiger partial charge >= 0.3 is 0 Å². The SMILES string of the molecule is CC(C)(C)[Si](C)(C)OCCN1CC2(CCCc3c(C#N)cccc32)CC1=O. The average Bonchev–Trinajstić information content (AvgIpc) is 2.90. The number of carbonyl (C=O) groups is 1. The molecule has 1 atom stereocenters. The number of rotatable bonds is 4. The van der Waals surface area contributed by atoms with Crippen LogP contribution in [0, 0.1) is 11.3 Å². The Hall–Kier alpha value is -1.64. The van der Waals surface area contributed by atoms with E-state index in [0.29, 0.717) is 19.6 Å². The minimum absolute atomic E-state index is 0.117. The number of nitrogens with zero attached hydrogens (tertiary/aromatic N) is 2. The van der Waals surface area contributed by atoms with E-state index in [-0.39, 0.29) is 16.4 Å². The van der Waals surface area contributed by atoms with Crippen molar-refractivity contribution >= 4 is 14.2 Å². The molecule has 1 aromatic carbocycles. The monoisotopic (exact) mass is 384 g/mol. The topological polar surface area (TPSA) is 53.3 Å². The normalized spacial score (nSPS) is 22.8. The van der Waals surface area contributed by atoms with Crippen molar-refractivity contribution in [3.8, 4) is 6.07 Å². The number of likely N-dealkylation sites (tertiary alicyclic amines) is 1. The van der Waals surface area contributed by atoms with Crippen LogP contribution in [0.3, 0.4) is 0 Å². The van der Waals surface area contributed by atoms with Crippen molar-refractivity contribution in [3.05, 3.63) is 34.9 Å². The molecule has 1 aliphatic carbocycles. The maximum Gasteiger partial charge on any atom is 0.223 e. The van der Waals surface area contributed by atoms with Crippen LogP contribution in [-0.2, 0) is 21.1 Å². The number of hydrogen-bond donors (Lipinski definition) is 0. The van der Waals surface area contributed by atoms with Crippen molar-refractivity contribution in [2.45, 2.75) is 70.0 Å². The summed E-state index contributed by atoms with van der Waals surface area (Å²) in [5.41, 5.74) is 3.06. The lowest BCUT2D eigenvalue weighted by Gasteiger charge is -2.37. The molecule has 1 aliphatic heterocycles. The van der Waals surface area contributed by atoms with Gasteiger partial charge in [0.1, 0.15) is 0 Å². The Labute approximate surface area is 164 Å². The first-order valence-electron chi connectivity index (χ1n) is 10.0. The van der Waals surface area contributed by atoms with E-state index in [9.17, 15) is 10.1 Å². The average molecular weight is 385 g/mol. The minimum atomic E-state index is -1.79. The van der Waals surface area contributed by atoms with E-state index < -0.39 is 8.32 Å². The number of carbonyl (C=O) groups excluding carboxylic acids is 1. The van der Waals surface area contributed by atoms with E-state index >= 15 is 0 Å². The van der Waals surface area contributed by atoms with Gasteiger partial charge in [0, 0.05) is 24.9 Å². The maximum atomic E-state index is 12.8. The van der Waals surface area contributed by atoms with Gasteiger partial charge in [-0.3, -0.25) is 4.79 Å². The molecule has 1 aromatic rings. The Balaban J connectivity index is 1.73. The van der Waals surface area contributed by atoms with Crippen molar-refractivity contribution in [1.82, 2.24) is 4.90 Å². The molecule has 4 nitrogen and oxygen atoms in total. The maximum absolute atomic E-state index is 12.8. The molecule has 1 unspecified atom stereocenters. The highest BCUT2D eigenvalue weighted by molar-refractivity contribution is 6.74. The Morgan fingerprint density at radius 2 is 2.07 bits per heavy atom. The summed E-state index contributed by atoms with van der Waals surface area (Å²) in [6.07, 6.45) is 3.59. The van der Waals surface area contributed by atoms with Crippen LogP contribution in [0.15, 0.2) is 18.2 Å². The molecular formula is C22H32N2O2Si. The third-order valence-electron chi connectivity index (χ3n) is 6.92. The predicted molar refractivity (Wildman–Crippen MR) is 110 cm³/mol. The number of hydrogen-bond acceptors (Lipinski definition) is 3. The summed E-state index contributed by atoms with van der Waals surface area (Å²) in [7, 11) is -1.79. The summed E-state index contributed by atoms with van der Waals surface area (Å²) >= 11 is 0. The summed E-state index contributed by atoms with van der Waals surface area (Å²) in [6.45, 7) is 13.3. The van der Waals surface area contributed by atoms with E-state index in [1.165, 1.54) is 11.1 Å². The summed E-state index contributed by atoms with van der Waals surface area (Å²) in [5.74, 6) is 0.226. The number of fused-ring (bicyclic) bond motifs is 2. The fourth-order valence-corrected chi connectivity index (χ4v) is 5.32. The Morgan fingerprint density at radius 3 is 2.74 bits per heavy atom. The number of amides is 1. The first-order chi connectivity index (χ1) is 12.6. The molecule has 3 rings (SSSR count). The molecule has 2 aliphatic rings. The van der Waals surface area contributed by atoms with Crippen LogP contribution >= 0.6 is 0 Å². The second kappa shape index (κ2) is 7.07. The van der Waals surface area contributed by atoms with Crippen molar-refractivity contribution < 1.29 is 9.22 Å². The molecule has 0 bridgehead atoms. The molecule has 1 fully saturated rings. The Bertz CT molecular complexity index is 775. The molecule has 0 radical (unpaired) electrons. The van der Waals surface area contributed by atoms with Crippen LogP contribution in [0.5, 0.6) is 0 Å². The molecule has 1 amide bonds. The Kier molecular flexibility index (Phi) is 5.26. The van der Waals surface area contributed by atoms with E-state index in [1.807, 2.05) is 17.0 Å². The van der Waals surface area contributed by atoms with Crippen LogP contribution < -0.4 is 0 Å². The zero-order valence-corrected chi connectivity index (χ0v) is 18.4. The van der Waals surface area contributed by atoms with E-state index in [0.717, 1.165) is 31.4 Å². The first kappa shape index (κ1) is 20.1. The molecule has 0 N–H and O–H groups in total. The van der Waals surface area contributed by atoms with Crippen LogP contribution in [0.25, 0.3) is 0 Å². The quantitative estimate of drug-likeness (QED) is 0.724. The summed E-state index contributed by atoms with van der Waals surface area (Å²) in [6, 6.07) is 8.34. The molecule has 0 aromatic heterocycles. The zero-order chi connectivity index (χ0) is 19.9. The third kappa shape index (κ3) is 3.70. The van der Waals surface area contributed by atoms with Gasteiger partial charge in [-0.25, -0.2) is 0 Å². The molecule has 1 spiro atoms. The first-order valence-corrected chi connectivity index (χ1v) is 12.9. The van der Waals surface area contributed by atoms with Crippen LogP contribution in [0.2, 0.25) is 18.1 Å². The van der Waals surface area contributed by atoms with Gasteiger partial charge in [-0.1, -0.05) is 32.9 Å². The zero-order valence-electron chi connectivity index (χ0n) is 17.4. The number of benzene rings is 1. The highest BCUT2D eigenvalue weighted by atomic mass is 28.4. The smallest absolute Gasteiger partial charge is 0.223 e. The highest BCUT2D eigenvalue weighted by Crippen LogP contribution is 2.45. The molecular weight excluding hydrogens is 352 g/mol. The lowest BCUT2D eigenvalue weighted by Crippen LogP contribution is -2.43.